The van der Waals surface area contributed by atoms with Gasteiger partial charge in [-0.1, -0.05) is 37.0 Å². The number of hydrogen-bond acceptors (Lipinski definition) is 4. The van der Waals surface area contributed by atoms with E-state index in [1.54, 1.807) is 26.0 Å². The molecular formula is C21H23Cl2N3O3. The van der Waals surface area contributed by atoms with Gasteiger partial charge in [0, 0.05) is 5.56 Å². The lowest BCUT2D eigenvalue weighted by Gasteiger charge is -2.20. The van der Waals surface area contributed by atoms with Crippen LogP contribution < -0.4 is 10.7 Å². The van der Waals surface area contributed by atoms with Crippen LogP contribution in [0.1, 0.15) is 40.9 Å². The molecule has 2 rings (SSSR count). The zero-order chi connectivity index (χ0) is 21.7. The third-order valence-corrected chi connectivity index (χ3v) is 5.06. The third kappa shape index (κ3) is 5.95. The predicted molar refractivity (Wildman–Crippen MR) is 116 cm³/mol. The number of benzene rings is 2. The number of hydrogen-bond donors (Lipinski definition) is 3. The van der Waals surface area contributed by atoms with Crippen molar-refractivity contribution in [2.75, 3.05) is 0 Å². The molecule has 8 heteroatoms. The van der Waals surface area contributed by atoms with Crippen LogP contribution in [0.2, 0.25) is 10.0 Å². The van der Waals surface area contributed by atoms with Crippen molar-refractivity contribution in [1.29, 1.82) is 0 Å². The molecule has 1 atom stereocenters. The molecule has 154 valence electrons. The second kappa shape index (κ2) is 9.76. The van der Waals surface area contributed by atoms with E-state index < -0.39 is 17.9 Å². The average Bonchev–Trinajstić information content (AvgIpc) is 2.65. The number of halogens is 2. The second-order valence-electron chi connectivity index (χ2n) is 7.06. The van der Waals surface area contributed by atoms with Crippen molar-refractivity contribution in [1.82, 2.24) is 10.7 Å². The standard InChI is InChI=1S/C21H23Cl2N3O3/c1-11(2)18(25-20(28)15-5-6-16(22)17(23)9-15)21(29)26-24-10-14-7-12(3)19(27)13(4)8-14/h5-11,18,27H,1-4H3,(H,25,28)(H,26,29)/b24-10+. The minimum atomic E-state index is -0.794. The van der Waals surface area contributed by atoms with E-state index in [1.807, 2.05) is 13.8 Å². The van der Waals surface area contributed by atoms with Gasteiger partial charge in [-0.25, -0.2) is 5.43 Å². The summed E-state index contributed by atoms with van der Waals surface area (Å²) >= 11 is 11.8. The highest BCUT2D eigenvalue weighted by molar-refractivity contribution is 6.42. The number of aryl methyl sites for hydroxylation is 2. The molecule has 0 bridgehead atoms. The van der Waals surface area contributed by atoms with Gasteiger partial charge in [0.25, 0.3) is 11.8 Å². The Morgan fingerprint density at radius 3 is 2.24 bits per heavy atom. The van der Waals surface area contributed by atoms with E-state index in [4.69, 9.17) is 23.2 Å². The zero-order valence-electron chi connectivity index (χ0n) is 16.6. The first-order valence-corrected chi connectivity index (χ1v) is 9.74. The molecule has 0 saturated heterocycles. The number of nitrogens with one attached hydrogen (secondary N) is 2. The van der Waals surface area contributed by atoms with Crippen LogP contribution in [0, 0.1) is 19.8 Å². The number of hydrazone groups is 1. The van der Waals surface area contributed by atoms with Crippen molar-refractivity contribution in [3.8, 4) is 5.75 Å². The molecule has 6 nitrogen and oxygen atoms in total. The molecule has 0 aromatic heterocycles. The van der Waals surface area contributed by atoms with Gasteiger partial charge in [-0.3, -0.25) is 9.59 Å². The highest BCUT2D eigenvalue weighted by Gasteiger charge is 2.24. The van der Waals surface area contributed by atoms with Crippen LogP contribution in [0.4, 0.5) is 0 Å². The van der Waals surface area contributed by atoms with E-state index in [0.717, 1.165) is 5.56 Å². The van der Waals surface area contributed by atoms with Crippen LogP contribution in [0.3, 0.4) is 0 Å². The van der Waals surface area contributed by atoms with Crippen LogP contribution >= 0.6 is 23.2 Å². The van der Waals surface area contributed by atoms with Gasteiger partial charge < -0.3 is 10.4 Å². The SMILES string of the molecule is Cc1cc(/C=N/NC(=O)C(NC(=O)c2ccc(Cl)c(Cl)c2)C(C)C)cc(C)c1O. The van der Waals surface area contributed by atoms with Crippen molar-refractivity contribution < 1.29 is 14.7 Å². The summed E-state index contributed by atoms with van der Waals surface area (Å²) in [5, 5.41) is 17.1. The number of nitrogens with zero attached hydrogens (tertiary/aromatic N) is 1. The first kappa shape index (κ1) is 22.7. The van der Waals surface area contributed by atoms with Gasteiger partial charge in [0.15, 0.2) is 0 Å². The molecule has 0 radical (unpaired) electrons. The lowest BCUT2D eigenvalue weighted by molar-refractivity contribution is -0.123. The van der Waals surface area contributed by atoms with E-state index >= 15 is 0 Å². The summed E-state index contributed by atoms with van der Waals surface area (Å²) in [6.45, 7) is 7.20. The fourth-order valence-electron chi connectivity index (χ4n) is 2.70. The monoisotopic (exact) mass is 435 g/mol. The van der Waals surface area contributed by atoms with Gasteiger partial charge in [-0.05, 0) is 66.8 Å². The molecular weight excluding hydrogens is 413 g/mol. The first-order valence-electron chi connectivity index (χ1n) is 8.99. The van der Waals surface area contributed by atoms with Gasteiger partial charge in [0.05, 0.1) is 16.3 Å². The Kier molecular flexibility index (Phi) is 7.65. The van der Waals surface area contributed by atoms with Gasteiger partial charge in [-0.15, -0.1) is 0 Å². The summed E-state index contributed by atoms with van der Waals surface area (Å²) in [5.74, 6) is -0.825. The van der Waals surface area contributed by atoms with Gasteiger partial charge in [-0.2, -0.15) is 5.10 Å². The molecule has 3 N–H and O–H groups in total. The molecule has 0 aliphatic rings. The topological polar surface area (TPSA) is 90.8 Å². The summed E-state index contributed by atoms with van der Waals surface area (Å²) in [5.41, 5.74) is 4.92. The summed E-state index contributed by atoms with van der Waals surface area (Å²) in [4.78, 5) is 25.0. The Labute approximate surface area is 179 Å². The zero-order valence-corrected chi connectivity index (χ0v) is 18.1. The van der Waals surface area contributed by atoms with Gasteiger partial charge in [0.2, 0.25) is 0 Å². The molecule has 0 fully saturated rings. The van der Waals surface area contributed by atoms with E-state index in [-0.39, 0.29) is 16.7 Å². The van der Waals surface area contributed by atoms with Crippen molar-refractivity contribution in [3.63, 3.8) is 0 Å². The molecule has 0 spiro atoms. The normalized spacial score (nSPS) is 12.2. The number of aromatic hydroxyl groups is 1. The maximum absolute atomic E-state index is 12.5. The van der Waals surface area contributed by atoms with Gasteiger partial charge in [0.1, 0.15) is 11.8 Å². The summed E-state index contributed by atoms with van der Waals surface area (Å²) in [7, 11) is 0. The lowest BCUT2D eigenvalue weighted by atomic mass is 10.0. The highest BCUT2D eigenvalue weighted by atomic mass is 35.5. The number of phenols is 1. The Morgan fingerprint density at radius 2 is 1.69 bits per heavy atom. The highest BCUT2D eigenvalue weighted by Crippen LogP contribution is 2.23. The predicted octanol–water partition coefficient (Wildman–Crippen LogP) is 4.22. The first-order chi connectivity index (χ1) is 13.6. The summed E-state index contributed by atoms with van der Waals surface area (Å²) in [6, 6.07) is 7.22. The molecule has 2 aromatic carbocycles. The van der Waals surface area contributed by atoms with Crippen molar-refractivity contribution in [2.45, 2.75) is 33.7 Å². The molecule has 0 aliphatic heterocycles. The summed E-state index contributed by atoms with van der Waals surface area (Å²) in [6.07, 6.45) is 1.48. The second-order valence-corrected chi connectivity index (χ2v) is 7.88. The van der Waals surface area contributed by atoms with Crippen LogP contribution in [-0.4, -0.2) is 29.2 Å². The van der Waals surface area contributed by atoms with Crippen LogP contribution in [-0.2, 0) is 4.79 Å². The molecule has 2 amide bonds. The van der Waals surface area contributed by atoms with Crippen molar-refractivity contribution >= 4 is 41.2 Å². The van der Waals surface area contributed by atoms with E-state index in [0.29, 0.717) is 21.7 Å². The van der Waals surface area contributed by atoms with Crippen molar-refractivity contribution in [2.24, 2.45) is 11.0 Å². The van der Waals surface area contributed by atoms with E-state index in [9.17, 15) is 14.7 Å². The minimum absolute atomic E-state index is 0.171. The molecule has 0 heterocycles. The van der Waals surface area contributed by atoms with Crippen LogP contribution in [0.15, 0.2) is 35.4 Å². The average molecular weight is 436 g/mol. The molecule has 2 aromatic rings. The molecule has 1 unspecified atom stereocenters. The maximum Gasteiger partial charge on any atom is 0.262 e. The largest absolute Gasteiger partial charge is 0.507 e. The molecule has 0 aliphatic carbocycles. The number of amides is 2. The number of rotatable bonds is 6. The lowest BCUT2D eigenvalue weighted by Crippen LogP contribution is -2.48. The minimum Gasteiger partial charge on any atom is -0.507 e. The number of phenolic OH excluding ortho intramolecular Hbond substituents is 1. The Morgan fingerprint density at radius 1 is 1.07 bits per heavy atom. The molecule has 0 saturated carbocycles. The molecule has 29 heavy (non-hydrogen) atoms. The fourth-order valence-corrected chi connectivity index (χ4v) is 3.00. The van der Waals surface area contributed by atoms with E-state index in [1.165, 1.54) is 24.4 Å². The maximum atomic E-state index is 12.5. The van der Waals surface area contributed by atoms with Gasteiger partial charge >= 0.3 is 0 Å². The smallest absolute Gasteiger partial charge is 0.262 e. The Balaban J connectivity index is 2.07. The summed E-state index contributed by atoms with van der Waals surface area (Å²) < 4.78 is 0. The Bertz CT molecular complexity index is 935. The number of carbonyl (C=O) groups is 2. The number of carbonyl (C=O) groups excluding carboxylic acids is 2. The van der Waals surface area contributed by atoms with Crippen molar-refractivity contribution in [3.05, 3.63) is 62.6 Å². The third-order valence-electron chi connectivity index (χ3n) is 4.32. The van der Waals surface area contributed by atoms with E-state index in [2.05, 4.69) is 15.8 Å². The quantitative estimate of drug-likeness (QED) is 0.468. The Hall–Kier alpha value is -2.57. The fraction of sp³-hybridized carbons (Fsp3) is 0.286. The van der Waals surface area contributed by atoms with Crippen LogP contribution in [0.5, 0.6) is 5.75 Å². The van der Waals surface area contributed by atoms with Crippen LogP contribution in [0.25, 0.3) is 0 Å².